The smallest absolute Gasteiger partial charge is 0.328 e. The molecule has 1 aliphatic heterocycles. The molecule has 0 spiro atoms. The molecule has 1 saturated heterocycles. The third kappa shape index (κ3) is 3.02. The van der Waals surface area contributed by atoms with Crippen molar-refractivity contribution >= 4 is 16.0 Å². The summed E-state index contributed by atoms with van der Waals surface area (Å²) < 4.78 is 26.2. The Hall–Kier alpha value is -1.66. The topological polar surface area (TPSA) is 74.7 Å². The summed E-state index contributed by atoms with van der Waals surface area (Å²) >= 11 is 0. The van der Waals surface area contributed by atoms with Crippen molar-refractivity contribution in [2.45, 2.75) is 23.8 Å². The van der Waals surface area contributed by atoms with Crippen molar-refractivity contribution in [2.75, 3.05) is 6.54 Å². The average Bonchev–Trinajstić information content (AvgIpc) is 2.86. The number of hydrogen-bond donors (Lipinski definition) is 1. The molecule has 0 aliphatic carbocycles. The van der Waals surface area contributed by atoms with E-state index in [1.165, 1.54) is 10.4 Å². The zero-order chi connectivity index (χ0) is 13.9. The maximum atomic E-state index is 12.4. The standard InChI is InChI=1S/C13H15NO4S/c15-13(16)9-8-11-5-4-10-14(11)19(17,18)12-6-2-1-3-7-12/h1-3,6-9,11H,4-5,10H2,(H,15,16)/b9-8+. The molecule has 1 aromatic rings. The lowest BCUT2D eigenvalue weighted by Crippen LogP contribution is -2.34. The second-order valence-electron chi connectivity index (χ2n) is 4.34. The summed E-state index contributed by atoms with van der Waals surface area (Å²) in [6.07, 6.45) is 3.83. The van der Waals surface area contributed by atoms with E-state index in [0.717, 1.165) is 12.5 Å². The fourth-order valence-electron chi connectivity index (χ4n) is 2.18. The summed E-state index contributed by atoms with van der Waals surface area (Å²) in [6.45, 7) is 0.422. The van der Waals surface area contributed by atoms with Crippen LogP contribution in [0.15, 0.2) is 47.4 Å². The Labute approximate surface area is 112 Å². The number of nitrogens with zero attached hydrogens (tertiary/aromatic N) is 1. The van der Waals surface area contributed by atoms with Crippen LogP contribution in [-0.4, -0.2) is 36.4 Å². The van der Waals surface area contributed by atoms with Crippen molar-refractivity contribution in [3.63, 3.8) is 0 Å². The molecule has 0 radical (unpaired) electrons. The lowest BCUT2D eigenvalue weighted by atomic mass is 10.2. The highest BCUT2D eigenvalue weighted by Crippen LogP contribution is 2.26. The molecular weight excluding hydrogens is 266 g/mol. The van der Waals surface area contributed by atoms with Gasteiger partial charge in [-0.1, -0.05) is 24.3 Å². The molecule has 2 rings (SSSR count). The van der Waals surface area contributed by atoms with Crippen molar-refractivity contribution in [1.82, 2.24) is 4.31 Å². The predicted octanol–water partition coefficient (Wildman–Crippen LogP) is 1.48. The van der Waals surface area contributed by atoms with E-state index in [1.54, 1.807) is 30.3 Å². The third-order valence-electron chi connectivity index (χ3n) is 3.06. The summed E-state index contributed by atoms with van der Waals surface area (Å²) in [5.41, 5.74) is 0. The van der Waals surface area contributed by atoms with Gasteiger partial charge in [-0.05, 0) is 25.0 Å². The third-order valence-corrected chi connectivity index (χ3v) is 5.00. The van der Waals surface area contributed by atoms with Gasteiger partial charge in [0.2, 0.25) is 10.0 Å². The normalized spacial score (nSPS) is 20.9. The molecule has 1 N–H and O–H groups in total. The van der Waals surface area contributed by atoms with Gasteiger partial charge < -0.3 is 5.11 Å². The molecule has 0 amide bonds. The molecule has 0 saturated carbocycles. The van der Waals surface area contributed by atoms with Crippen molar-refractivity contribution < 1.29 is 18.3 Å². The SMILES string of the molecule is O=C(O)/C=C/C1CCCN1S(=O)(=O)c1ccccc1. The lowest BCUT2D eigenvalue weighted by molar-refractivity contribution is -0.131. The maximum absolute atomic E-state index is 12.4. The highest BCUT2D eigenvalue weighted by Gasteiger charge is 2.33. The van der Waals surface area contributed by atoms with E-state index in [0.29, 0.717) is 13.0 Å². The number of rotatable bonds is 4. The highest BCUT2D eigenvalue weighted by atomic mass is 32.2. The Kier molecular flexibility index (Phi) is 4.01. The van der Waals surface area contributed by atoms with Gasteiger partial charge in [-0.2, -0.15) is 4.31 Å². The van der Waals surface area contributed by atoms with Gasteiger partial charge >= 0.3 is 5.97 Å². The van der Waals surface area contributed by atoms with Crippen LogP contribution in [-0.2, 0) is 14.8 Å². The Morgan fingerprint density at radius 2 is 2.00 bits per heavy atom. The minimum absolute atomic E-state index is 0.241. The maximum Gasteiger partial charge on any atom is 0.328 e. The van der Waals surface area contributed by atoms with Gasteiger partial charge in [0, 0.05) is 18.7 Å². The molecule has 0 aromatic heterocycles. The van der Waals surface area contributed by atoms with Crippen molar-refractivity contribution in [1.29, 1.82) is 0 Å². The van der Waals surface area contributed by atoms with Gasteiger partial charge in [0.05, 0.1) is 4.90 Å². The van der Waals surface area contributed by atoms with Gasteiger partial charge in [-0.15, -0.1) is 0 Å². The fourth-order valence-corrected chi connectivity index (χ4v) is 3.85. The molecule has 1 unspecified atom stereocenters. The Morgan fingerprint density at radius 1 is 1.32 bits per heavy atom. The molecule has 1 heterocycles. The van der Waals surface area contributed by atoms with Crippen molar-refractivity contribution in [3.05, 3.63) is 42.5 Å². The van der Waals surface area contributed by atoms with E-state index in [-0.39, 0.29) is 10.9 Å². The summed E-state index contributed by atoms with van der Waals surface area (Å²) in [7, 11) is -3.55. The molecule has 19 heavy (non-hydrogen) atoms. The summed E-state index contributed by atoms with van der Waals surface area (Å²) in [4.78, 5) is 10.8. The molecule has 1 aliphatic rings. The van der Waals surface area contributed by atoms with E-state index in [9.17, 15) is 13.2 Å². The lowest BCUT2D eigenvalue weighted by Gasteiger charge is -2.21. The van der Waals surface area contributed by atoms with Crippen molar-refractivity contribution in [2.24, 2.45) is 0 Å². The fraction of sp³-hybridized carbons (Fsp3) is 0.308. The van der Waals surface area contributed by atoms with Crippen LogP contribution in [0.1, 0.15) is 12.8 Å². The molecule has 6 heteroatoms. The zero-order valence-corrected chi connectivity index (χ0v) is 11.1. The van der Waals surface area contributed by atoms with Crippen LogP contribution in [0.5, 0.6) is 0 Å². The van der Waals surface area contributed by atoms with E-state index in [2.05, 4.69) is 0 Å². The van der Waals surface area contributed by atoms with Gasteiger partial charge in [-0.3, -0.25) is 0 Å². The van der Waals surface area contributed by atoms with Gasteiger partial charge in [0.15, 0.2) is 0 Å². The van der Waals surface area contributed by atoms with E-state index >= 15 is 0 Å². The zero-order valence-electron chi connectivity index (χ0n) is 10.3. The molecule has 102 valence electrons. The van der Waals surface area contributed by atoms with Gasteiger partial charge in [-0.25, -0.2) is 13.2 Å². The Bertz CT molecular complexity index is 580. The average molecular weight is 281 g/mol. The number of carbonyl (C=O) groups is 1. The Balaban J connectivity index is 2.27. The van der Waals surface area contributed by atoms with Gasteiger partial charge in [0.1, 0.15) is 0 Å². The minimum atomic E-state index is -3.55. The number of hydrogen-bond acceptors (Lipinski definition) is 3. The summed E-state index contributed by atoms with van der Waals surface area (Å²) in [6, 6.07) is 7.82. The molecule has 5 nitrogen and oxygen atoms in total. The second-order valence-corrected chi connectivity index (χ2v) is 6.23. The molecular formula is C13H15NO4S. The van der Waals surface area contributed by atoms with E-state index in [4.69, 9.17) is 5.11 Å². The first-order valence-corrected chi connectivity index (χ1v) is 7.44. The van der Waals surface area contributed by atoms with Crippen LogP contribution in [0.2, 0.25) is 0 Å². The van der Waals surface area contributed by atoms with Gasteiger partial charge in [0.25, 0.3) is 0 Å². The highest BCUT2D eigenvalue weighted by molar-refractivity contribution is 7.89. The number of sulfonamides is 1. The number of carboxylic acids is 1. The molecule has 1 aromatic carbocycles. The molecule has 1 fully saturated rings. The minimum Gasteiger partial charge on any atom is -0.478 e. The number of carboxylic acid groups (broad SMARTS) is 1. The first kappa shape index (κ1) is 13.8. The first-order chi connectivity index (χ1) is 9.01. The summed E-state index contributed by atoms with van der Waals surface area (Å²) in [5, 5.41) is 8.63. The van der Waals surface area contributed by atoms with Crippen LogP contribution in [0, 0.1) is 0 Å². The number of benzene rings is 1. The van der Waals surface area contributed by atoms with Crippen LogP contribution in [0.25, 0.3) is 0 Å². The monoisotopic (exact) mass is 281 g/mol. The van der Waals surface area contributed by atoms with E-state index in [1.807, 2.05) is 0 Å². The summed E-state index contributed by atoms with van der Waals surface area (Å²) in [5.74, 6) is -1.07. The van der Waals surface area contributed by atoms with Crippen LogP contribution in [0.3, 0.4) is 0 Å². The molecule has 0 bridgehead atoms. The quantitative estimate of drug-likeness (QED) is 0.848. The van der Waals surface area contributed by atoms with Crippen LogP contribution >= 0.6 is 0 Å². The van der Waals surface area contributed by atoms with E-state index < -0.39 is 16.0 Å². The first-order valence-electron chi connectivity index (χ1n) is 6.00. The second kappa shape index (κ2) is 5.54. The Morgan fingerprint density at radius 3 is 2.63 bits per heavy atom. The largest absolute Gasteiger partial charge is 0.478 e. The molecule has 1 atom stereocenters. The predicted molar refractivity (Wildman–Crippen MR) is 70.1 cm³/mol. The number of aliphatic carboxylic acids is 1. The van der Waals surface area contributed by atoms with Crippen LogP contribution < -0.4 is 0 Å². The van der Waals surface area contributed by atoms with Crippen LogP contribution in [0.4, 0.5) is 0 Å². The van der Waals surface area contributed by atoms with Crippen molar-refractivity contribution in [3.8, 4) is 0 Å².